The third-order valence-electron chi connectivity index (χ3n) is 6.42. The lowest BCUT2D eigenvalue weighted by Gasteiger charge is -2.13. The summed E-state index contributed by atoms with van der Waals surface area (Å²) < 4.78 is 10.7. The first-order chi connectivity index (χ1) is 20.7. The number of nitrogens with one attached hydrogen (secondary N) is 1. The van der Waals surface area contributed by atoms with Gasteiger partial charge in [0.2, 0.25) is 5.91 Å². The van der Waals surface area contributed by atoms with Gasteiger partial charge in [0.1, 0.15) is 36.9 Å². The second kappa shape index (κ2) is 20.1. The van der Waals surface area contributed by atoms with Crippen LogP contribution in [0.15, 0.2) is 72.8 Å². The fourth-order valence-corrected chi connectivity index (χ4v) is 4.36. The van der Waals surface area contributed by atoms with Gasteiger partial charge < -0.3 is 24.7 Å². The van der Waals surface area contributed by atoms with Gasteiger partial charge in [0.25, 0.3) is 5.09 Å². The molecule has 10 nitrogen and oxygen atoms in total. The zero-order valence-corrected chi connectivity index (χ0v) is 25.4. The number of ether oxygens (including phenoxy) is 2. The van der Waals surface area contributed by atoms with Gasteiger partial charge >= 0.3 is 5.97 Å². The first-order valence-electron chi connectivity index (χ1n) is 14.4. The third-order valence-corrected chi connectivity index (χ3v) is 6.65. The van der Waals surface area contributed by atoms with Crippen LogP contribution in [0, 0.1) is 16.0 Å². The molecule has 0 aliphatic heterocycles. The van der Waals surface area contributed by atoms with Crippen LogP contribution in [0.3, 0.4) is 0 Å². The van der Waals surface area contributed by atoms with Crippen molar-refractivity contribution in [3.63, 3.8) is 0 Å². The van der Waals surface area contributed by atoms with Crippen molar-refractivity contribution >= 4 is 23.5 Å². The van der Waals surface area contributed by atoms with E-state index in [0.717, 1.165) is 6.42 Å². The standard InChI is InChI=1S/C17H22N2O6.C15H19ClO2/c1-3-4-5-6-10-16(20)18-13(2)17(21)25-15-9-7-8-14(11-15)12-24-19(22)23;16-13-6-3-7-15(10-13)18-11-14(17)9-8-12-4-1-2-5-12/h3-4,7-9,11,13H,5-6,10,12H2,1-2H3,(H,18,20);3,6-10,12,14,17H,1-2,4-5,11H2/b4-3-;9-8+. The monoisotopic (exact) mass is 616 g/mol. The number of carbonyl (C=O) groups excluding carboxylic acids is 2. The zero-order valence-electron chi connectivity index (χ0n) is 24.7. The number of hydrogen-bond donors (Lipinski definition) is 2. The Labute approximate surface area is 257 Å². The number of aliphatic hydroxyl groups excluding tert-OH is 1. The summed E-state index contributed by atoms with van der Waals surface area (Å²) in [5.41, 5.74) is 0.489. The Morgan fingerprint density at radius 3 is 2.58 bits per heavy atom. The SMILES string of the molecule is C/C=C\CCCC(=O)NC(C)C(=O)Oc1cccc(CO[N+](=O)[O-])c1.OC(/C=C/C1CCCC1)COc1cccc(Cl)c1. The van der Waals surface area contributed by atoms with Gasteiger partial charge in [0.15, 0.2) is 0 Å². The maximum absolute atomic E-state index is 12.0. The van der Waals surface area contributed by atoms with Crippen molar-refractivity contribution in [3.8, 4) is 11.5 Å². The Bertz CT molecular complexity index is 1210. The maximum Gasteiger partial charge on any atom is 0.333 e. The van der Waals surface area contributed by atoms with Gasteiger partial charge in [-0.3, -0.25) is 4.79 Å². The second-order valence-electron chi connectivity index (χ2n) is 10.1. The van der Waals surface area contributed by atoms with Gasteiger partial charge in [-0.2, -0.15) is 0 Å². The molecule has 3 rings (SSSR count). The summed E-state index contributed by atoms with van der Waals surface area (Å²) in [6.45, 7) is 3.48. The molecule has 0 aromatic heterocycles. The lowest BCUT2D eigenvalue weighted by Crippen LogP contribution is -2.40. The van der Waals surface area contributed by atoms with Crippen molar-refractivity contribution in [3.05, 3.63) is 93.5 Å². The van der Waals surface area contributed by atoms with Crippen LogP contribution >= 0.6 is 11.6 Å². The summed E-state index contributed by atoms with van der Waals surface area (Å²) in [6, 6.07) is 12.6. The summed E-state index contributed by atoms with van der Waals surface area (Å²) in [6.07, 6.45) is 14.3. The number of amides is 1. The molecule has 0 radical (unpaired) electrons. The lowest BCUT2D eigenvalue weighted by atomic mass is 10.1. The molecular weight excluding hydrogens is 576 g/mol. The minimum absolute atomic E-state index is 0.220. The van der Waals surface area contributed by atoms with Crippen LogP contribution in [0.5, 0.6) is 11.5 Å². The second-order valence-corrected chi connectivity index (χ2v) is 10.5. The number of unbranched alkanes of at least 4 members (excludes halogenated alkanes) is 1. The highest BCUT2D eigenvalue weighted by molar-refractivity contribution is 6.30. The Morgan fingerprint density at radius 2 is 1.88 bits per heavy atom. The van der Waals surface area contributed by atoms with E-state index in [2.05, 4.69) is 16.2 Å². The number of nitrogens with zero attached hydrogens (tertiary/aromatic N) is 1. The lowest BCUT2D eigenvalue weighted by molar-refractivity contribution is -0.763. The van der Waals surface area contributed by atoms with E-state index in [-0.39, 0.29) is 24.9 Å². The summed E-state index contributed by atoms with van der Waals surface area (Å²) in [7, 11) is 0. The predicted octanol–water partition coefficient (Wildman–Crippen LogP) is 6.38. The summed E-state index contributed by atoms with van der Waals surface area (Å²) >= 11 is 5.85. The van der Waals surface area contributed by atoms with E-state index in [1.807, 2.05) is 37.3 Å². The molecule has 1 aliphatic carbocycles. The molecule has 2 atom stereocenters. The Balaban J connectivity index is 0.000000315. The van der Waals surface area contributed by atoms with Crippen molar-refractivity contribution < 1.29 is 34.1 Å². The maximum atomic E-state index is 12.0. The van der Waals surface area contributed by atoms with Crippen molar-refractivity contribution in [2.24, 2.45) is 5.92 Å². The molecule has 1 amide bonds. The van der Waals surface area contributed by atoms with E-state index in [0.29, 0.717) is 35.1 Å². The highest BCUT2D eigenvalue weighted by Crippen LogP contribution is 2.25. The molecule has 1 saturated carbocycles. The average Bonchev–Trinajstić information content (AvgIpc) is 3.51. The highest BCUT2D eigenvalue weighted by Gasteiger charge is 2.18. The smallest absolute Gasteiger partial charge is 0.333 e. The van der Waals surface area contributed by atoms with Gasteiger partial charge in [-0.1, -0.05) is 66.9 Å². The number of hydrogen-bond acceptors (Lipinski definition) is 8. The highest BCUT2D eigenvalue weighted by atomic mass is 35.5. The summed E-state index contributed by atoms with van der Waals surface area (Å²) in [5.74, 6) is 0.724. The molecule has 43 heavy (non-hydrogen) atoms. The van der Waals surface area contributed by atoms with Crippen LogP contribution in [0.2, 0.25) is 5.02 Å². The van der Waals surface area contributed by atoms with Crippen LogP contribution in [0.1, 0.15) is 64.4 Å². The number of esters is 1. The minimum atomic E-state index is -0.896. The largest absolute Gasteiger partial charge is 0.491 e. The first-order valence-corrected chi connectivity index (χ1v) is 14.8. The molecule has 0 heterocycles. The molecule has 234 valence electrons. The number of allylic oxidation sites excluding steroid dienone is 3. The number of aliphatic hydroxyl groups is 1. The molecule has 2 unspecified atom stereocenters. The molecule has 0 bridgehead atoms. The van der Waals surface area contributed by atoms with Crippen molar-refractivity contribution in [2.75, 3.05) is 6.61 Å². The van der Waals surface area contributed by atoms with Gasteiger partial charge in [0.05, 0.1) is 0 Å². The molecule has 1 aliphatic rings. The molecule has 0 saturated heterocycles. The van der Waals surface area contributed by atoms with Gasteiger partial charge in [-0.05, 0) is 81.3 Å². The van der Waals surface area contributed by atoms with Crippen molar-refractivity contribution in [1.82, 2.24) is 5.32 Å². The topological polar surface area (TPSA) is 137 Å². The molecule has 0 spiro atoms. The van der Waals surface area contributed by atoms with Crippen LogP contribution in [-0.4, -0.2) is 40.8 Å². The molecule has 2 N–H and O–H groups in total. The fourth-order valence-electron chi connectivity index (χ4n) is 4.18. The van der Waals surface area contributed by atoms with E-state index < -0.39 is 23.2 Å². The molecular formula is C32H41ClN2O8. The van der Waals surface area contributed by atoms with E-state index in [4.69, 9.17) is 21.1 Å². The normalized spacial score (nSPS) is 14.5. The van der Waals surface area contributed by atoms with E-state index >= 15 is 0 Å². The molecule has 11 heteroatoms. The van der Waals surface area contributed by atoms with Crippen molar-refractivity contribution in [1.29, 1.82) is 0 Å². The van der Waals surface area contributed by atoms with Gasteiger partial charge in [-0.15, -0.1) is 10.1 Å². The average molecular weight is 617 g/mol. The Hall–Kier alpha value is -3.89. The quantitative estimate of drug-likeness (QED) is 0.0587. The van der Waals surface area contributed by atoms with Crippen LogP contribution < -0.4 is 14.8 Å². The summed E-state index contributed by atoms with van der Waals surface area (Å²) in [5, 5.41) is 22.3. The summed E-state index contributed by atoms with van der Waals surface area (Å²) in [4.78, 5) is 38.2. The van der Waals surface area contributed by atoms with E-state index in [1.165, 1.54) is 38.7 Å². The number of carbonyl (C=O) groups is 2. The Kier molecular flexibility index (Phi) is 16.5. The molecule has 2 aromatic rings. The fraction of sp³-hybridized carbons (Fsp3) is 0.438. The number of benzene rings is 2. The Morgan fingerprint density at radius 1 is 1.16 bits per heavy atom. The van der Waals surface area contributed by atoms with Crippen LogP contribution in [0.25, 0.3) is 0 Å². The van der Waals surface area contributed by atoms with Gasteiger partial charge in [0, 0.05) is 11.4 Å². The zero-order chi connectivity index (χ0) is 31.5. The van der Waals surface area contributed by atoms with E-state index in [1.54, 1.807) is 30.3 Å². The van der Waals surface area contributed by atoms with E-state index in [9.17, 15) is 24.8 Å². The molecule has 1 fully saturated rings. The number of halogens is 1. The number of rotatable bonds is 15. The van der Waals surface area contributed by atoms with Crippen molar-refractivity contribution in [2.45, 2.75) is 77.5 Å². The minimum Gasteiger partial charge on any atom is -0.491 e. The third kappa shape index (κ3) is 15.8. The molecule has 2 aromatic carbocycles. The van der Waals surface area contributed by atoms with Gasteiger partial charge in [-0.25, -0.2) is 4.79 Å². The first kappa shape index (κ1) is 35.3. The van der Waals surface area contributed by atoms with Crippen LogP contribution in [-0.2, 0) is 21.0 Å². The predicted molar refractivity (Wildman–Crippen MR) is 164 cm³/mol. The van der Waals surface area contributed by atoms with Crippen LogP contribution in [0.4, 0.5) is 0 Å².